The summed E-state index contributed by atoms with van der Waals surface area (Å²) >= 11 is 3.32. The fourth-order valence-corrected chi connectivity index (χ4v) is 4.53. The van der Waals surface area contributed by atoms with E-state index in [0.717, 1.165) is 17.3 Å². The molecule has 0 amide bonds. The number of ether oxygens (including phenoxy) is 1. The SMILES string of the molecule is COc1ccnc(NC2CCCN(S(=O)(=O)c3ccc(Br)cc3)C2)n1. The quantitative estimate of drug-likeness (QED) is 0.790. The Hall–Kier alpha value is -1.71. The number of anilines is 1. The highest BCUT2D eigenvalue weighted by molar-refractivity contribution is 9.10. The Kier molecular flexibility index (Phi) is 5.55. The number of methoxy groups -OCH3 is 1. The molecule has 0 spiro atoms. The van der Waals surface area contributed by atoms with Crippen molar-refractivity contribution in [3.8, 4) is 5.88 Å². The van der Waals surface area contributed by atoms with Crippen LogP contribution in [0.3, 0.4) is 0 Å². The van der Waals surface area contributed by atoms with Gasteiger partial charge >= 0.3 is 0 Å². The molecule has 1 aromatic carbocycles. The molecule has 1 aromatic heterocycles. The molecule has 1 saturated heterocycles. The van der Waals surface area contributed by atoms with Crippen LogP contribution in [0.15, 0.2) is 45.9 Å². The molecule has 0 bridgehead atoms. The molecular formula is C16H19BrN4O3S. The maximum Gasteiger partial charge on any atom is 0.243 e. The lowest BCUT2D eigenvalue weighted by Gasteiger charge is -2.32. The molecule has 2 heterocycles. The zero-order valence-corrected chi connectivity index (χ0v) is 16.1. The maximum atomic E-state index is 12.8. The summed E-state index contributed by atoms with van der Waals surface area (Å²) in [4.78, 5) is 8.68. The van der Waals surface area contributed by atoms with Gasteiger partial charge in [0.25, 0.3) is 0 Å². The van der Waals surface area contributed by atoms with Gasteiger partial charge in [0.2, 0.25) is 21.9 Å². The Morgan fingerprint density at radius 1 is 1.28 bits per heavy atom. The van der Waals surface area contributed by atoms with Crippen LogP contribution in [-0.4, -0.2) is 48.9 Å². The highest BCUT2D eigenvalue weighted by Gasteiger charge is 2.30. The number of sulfonamides is 1. The first-order valence-corrected chi connectivity index (χ1v) is 10.1. The lowest BCUT2D eigenvalue weighted by atomic mass is 10.1. The van der Waals surface area contributed by atoms with Gasteiger partial charge in [0.05, 0.1) is 12.0 Å². The van der Waals surface area contributed by atoms with E-state index in [-0.39, 0.29) is 6.04 Å². The van der Waals surface area contributed by atoms with E-state index >= 15 is 0 Å². The Balaban J connectivity index is 1.73. The molecule has 1 N–H and O–H groups in total. The van der Waals surface area contributed by atoms with Crippen LogP contribution in [0.1, 0.15) is 12.8 Å². The Morgan fingerprint density at radius 2 is 2.04 bits per heavy atom. The number of nitrogens with zero attached hydrogens (tertiary/aromatic N) is 3. The van der Waals surface area contributed by atoms with Gasteiger partial charge in [-0.1, -0.05) is 15.9 Å². The number of halogens is 1. The summed E-state index contributed by atoms with van der Waals surface area (Å²) in [6.45, 7) is 0.883. The van der Waals surface area contributed by atoms with Gasteiger partial charge in [0, 0.05) is 35.9 Å². The maximum absolute atomic E-state index is 12.8. The molecule has 1 unspecified atom stereocenters. The molecule has 0 radical (unpaired) electrons. The van der Waals surface area contributed by atoms with Crippen LogP contribution in [0.2, 0.25) is 0 Å². The van der Waals surface area contributed by atoms with Crippen LogP contribution < -0.4 is 10.1 Å². The van der Waals surface area contributed by atoms with Crippen molar-refractivity contribution in [3.05, 3.63) is 41.0 Å². The minimum atomic E-state index is -3.51. The van der Waals surface area contributed by atoms with Crippen molar-refractivity contribution in [2.75, 3.05) is 25.5 Å². The molecule has 1 aliphatic rings. The third kappa shape index (κ3) is 4.28. The zero-order chi connectivity index (χ0) is 17.9. The number of nitrogens with one attached hydrogen (secondary N) is 1. The highest BCUT2D eigenvalue weighted by Crippen LogP contribution is 2.23. The summed E-state index contributed by atoms with van der Waals surface area (Å²) in [5.41, 5.74) is 0. The molecular weight excluding hydrogens is 408 g/mol. The van der Waals surface area contributed by atoms with Gasteiger partial charge in [-0.25, -0.2) is 13.4 Å². The molecule has 7 nitrogen and oxygen atoms in total. The van der Waals surface area contributed by atoms with Gasteiger partial charge in [-0.2, -0.15) is 9.29 Å². The van der Waals surface area contributed by atoms with Gasteiger partial charge in [-0.05, 0) is 37.1 Å². The predicted molar refractivity (Wildman–Crippen MR) is 98.1 cm³/mol. The lowest BCUT2D eigenvalue weighted by Crippen LogP contribution is -2.45. The fourth-order valence-electron chi connectivity index (χ4n) is 2.74. The fraction of sp³-hybridized carbons (Fsp3) is 0.375. The molecule has 25 heavy (non-hydrogen) atoms. The van der Waals surface area contributed by atoms with E-state index in [1.165, 1.54) is 4.31 Å². The summed E-state index contributed by atoms with van der Waals surface area (Å²) in [6.07, 6.45) is 3.23. The molecule has 2 aromatic rings. The standard InChI is InChI=1S/C16H19BrN4O3S/c1-24-15-8-9-18-16(20-15)19-13-3-2-10-21(11-13)25(22,23)14-6-4-12(17)5-7-14/h4-9,13H,2-3,10-11H2,1H3,(H,18,19,20). The van der Waals surface area contributed by atoms with Crippen molar-refractivity contribution in [1.82, 2.24) is 14.3 Å². The van der Waals surface area contributed by atoms with E-state index in [1.807, 2.05) is 0 Å². The van der Waals surface area contributed by atoms with Crippen molar-refractivity contribution >= 4 is 31.9 Å². The Morgan fingerprint density at radius 3 is 2.76 bits per heavy atom. The van der Waals surface area contributed by atoms with Crippen LogP contribution in [0.4, 0.5) is 5.95 Å². The van der Waals surface area contributed by atoms with Crippen LogP contribution in [0.5, 0.6) is 5.88 Å². The van der Waals surface area contributed by atoms with E-state index in [0.29, 0.717) is 29.8 Å². The molecule has 1 fully saturated rings. The smallest absolute Gasteiger partial charge is 0.243 e. The molecule has 1 atom stereocenters. The summed E-state index contributed by atoms with van der Waals surface area (Å²) in [6, 6.07) is 8.30. The number of piperidine rings is 1. The first kappa shape index (κ1) is 18.1. The van der Waals surface area contributed by atoms with Gasteiger partial charge in [-0.3, -0.25) is 0 Å². The van der Waals surface area contributed by atoms with Crippen molar-refractivity contribution < 1.29 is 13.2 Å². The normalized spacial score (nSPS) is 18.7. The van der Waals surface area contributed by atoms with Gasteiger partial charge in [0.15, 0.2) is 0 Å². The lowest BCUT2D eigenvalue weighted by molar-refractivity contribution is 0.326. The summed E-state index contributed by atoms with van der Waals surface area (Å²) in [7, 11) is -1.97. The Labute approximate surface area is 155 Å². The van der Waals surface area contributed by atoms with Crippen molar-refractivity contribution in [2.45, 2.75) is 23.8 Å². The van der Waals surface area contributed by atoms with E-state index in [9.17, 15) is 8.42 Å². The first-order chi connectivity index (χ1) is 12.0. The van der Waals surface area contributed by atoms with E-state index in [2.05, 4.69) is 31.2 Å². The number of hydrogen-bond acceptors (Lipinski definition) is 6. The number of benzene rings is 1. The van der Waals surface area contributed by atoms with Crippen LogP contribution in [0.25, 0.3) is 0 Å². The molecule has 1 aliphatic heterocycles. The minimum Gasteiger partial charge on any atom is -0.481 e. The molecule has 0 aliphatic carbocycles. The summed E-state index contributed by atoms with van der Waals surface area (Å²) < 4.78 is 33.1. The van der Waals surface area contributed by atoms with Crippen LogP contribution in [-0.2, 0) is 10.0 Å². The summed E-state index contributed by atoms with van der Waals surface area (Å²) in [5, 5.41) is 3.20. The van der Waals surface area contributed by atoms with Gasteiger partial charge in [-0.15, -0.1) is 0 Å². The molecule has 9 heteroatoms. The largest absolute Gasteiger partial charge is 0.481 e. The van der Waals surface area contributed by atoms with E-state index < -0.39 is 10.0 Å². The molecule has 3 rings (SSSR count). The number of aromatic nitrogens is 2. The second kappa shape index (κ2) is 7.67. The van der Waals surface area contributed by atoms with Crippen molar-refractivity contribution in [1.29, 1.82) is 0 Å². The van der Waals surface area contributed by atoms with E-state index in [1.54, 1.807) is 43.6 Å². The van der Waals surface area contributed by atoms with Crippen LogP contribution >= 0.6 is 15.9 Å². The number of rotatable bonds is 5. The van der Waals surface area contributed by atoms with Crippen LogP contribution in [0, 0.1) is 0 Å². The van der Waals surface area contributed by atoms with Crippen molar-refractivity contribution in [3.63, 3.8) is 0 Å². The topological polar surface area (TPSA) is 84.4 Å². The summed E-state index contributed by atoms with van der Waals surface area (Å²) in [5.74, 6) is 0.903. The third-order valence-electron chi connectivity index (χ3n) is 4.01. The average molecular weight is 427 g/mol. The Bertz CT molecular complexity index is 830. The monoisotopic (exact) mass is 426 g/mol. The predicted octanol–water partition coefficient (Wildman–Crippen LogP) is 2.51. The first-order valence-electron chi connectivity index (χ1n) is 7.88. The van der Waals surface area contributed by atoms with Gasteiger partial charge in [0.1, 0.15) is 0 Å². The third-order valence-corrected chi connectivity index (χ3v) is 6.42. The average Bonchev–Trinajstić information content (AvgIpc) is 2.62. The highest BCUT2D eigenvalue weighted by atomic mass is 79.9. The van der Waals surface area contributed by atoms with Gasteiger partial charge < -0.3 is 10.1 Å². The second-order valence-electron chi connectivity index (χ2n) is 5.72. The minimum absolute atomic E-state index is 0.0499. The van der Waals surface area contributed by atoms with Crippen molar-refractivity contribution in [2.24, 2.45) is 0 Å². The van der Waals surface area contributed by atoms with E-state index in [4.69, 9.17) is 4.74 Å². The second-order valence-corrected chi connectivity index (χ2v) is 8.58. The number of hydrogen-bond donors (Lipinski definition) is 1. The molecule has 134 valence electrons. The zero-order valence-electron chi connectivity index (χ0n) is 13.7. The molecule has 0 saturated carbocycles.